The molecule has 3 heteroatoms. The van der Waals surface area contributed by atoms with Gasteiger partial charge in [-0.1, -0.05) is 18.2 Å². The van der Waals surface area contributed by atoms with Crippen LogP contribution in [0.4, 0.5) is 0 Å². The van der Waals surface area contributed by atoms with Gasteiger partial charge in [-0.2, -0.15) is 5.10 Å². The lowest BCUT2D eigenvalue weighted by Gasteiger charge is -2.11. The largest absolute Gasteiger partial charge is 0.307 e. The molecule has 0 amide bonds. The maximum absolute atomic E-state index is 3.97. The Kier molecular flexibility index (Phi) is 3.07. The first-order valence-corrected chi connectivity index (χ1v) is 7.72. The van der Waals surface area contributed by atoms with Crippen molar-refractivity contribution < 1.29 is 0 Å². The van der Waals surface area contributed by atoms with Crippen molar-refractivity contribution in [1.82, 2.24) is 15.5 Å². The van der Waals surface area contributed by atoms with E-state index >= 15 is 0 Å². The van der Waals surface area contributed by atoms with Crippen molar-refractivity contribution in [3.8, 4) is 0 Å². The van der Waals surface area contributed by atoms with E-state index in [4.69, 9.17) is 0 Å². The Morgan fingerprint density at radius 3 is 2.50 bits per heavy atom. The van der Waals surface area contributed by atoms with Crippen LogP contribution in [-0.2, 0) is 13.1 Å². The van der Waals surface area contributed by atoms with E-state index in [1.54, 1.807) is 17.3 Å². The molecule has 104 valence electrons. The number of benzene rings is 1. The smallest absolute Gasteiger partial charge is 0.0490 e. The molecular formula is C17H21N3. The summed E-state index contributed by atoms with van der Waals surface area (Å²) in [5.74, 6) is 1.73. The quantitative estimate of drug-likeness (QED) is 0.841. The maximum atomic E-state index is 3.97. The summed E-state index contributed by atoms with van der Waals surface area (Å²) in [6, 6.07) is 9.15. The number of nitrogens with one attached hydrogen (secondary N) is 2. The van der Waals surface area contributed by atoms with Crippen molar-refractivity contribution in [1.29, 1.82) is 0 Å². The third-order valence-corrected chi connectivity index (χ3v) is 4.39. The summed E-state index contributed by atoms with van der Waals surface area (Å²) in [4.78, 5) is 0. The van der Waals surface area contributed by atoms with Crippen molar-refractivity contribution in [2.24, 2.45) is 0 Å². The van der Waals surface area contributed by atoms with Gasteiger partial charge in [-0.15, -0.1) is 0 Å². The zero-order chi connectivity index (χ0) is 13.4. The van der Waals surface area contributed by atoms with Crippen LogP contribution in [0.3, 0.4) is 0 Å². The van der Waals surface area contributed by atoms with Crippen LogP contribution in [-0.4, -0.2) is 10.2 Å². The second-order valence-corrected chi connectivity index (χ2v) is 6.20. The first-order chi connectivity index (χ1) is 9.90. The summed E-state index contributed by atoms with van der Waals surface area (Å²) in [5.41, 5.74) is 5.84. The fourth-order valence-electron chi connectivity index (χ4n) is 2.97. The topological polar surface area (TPSA) is 40.7 Å². The van der Waals surface area contributed by atoms with Crippen LogP contribution in [0.25, 0.3) is 0 Å². The van der Waals surface area contributed by atoms with Gasteiger partial charge in [-0.25, -0.2) is 0 Å². The summed E-state index contributed by atoms with van der Waals surface area (Å²) in [5, 5.41) is 10.4. The van der Waals surface area contributed by atoms with Gasteiger partial charge in [-0.05, 0) is 60.3 Å². The van der Waals surface area contributed by atoms with E-state index in [0.717, 1.165) is 30.6 Å². The molecule has 0 aliphatic heterocycles. The average Bonchev–Trinajstić information content (AvgIpc) is 3.38. The minimum absolute atomic E-state index is 0.850. The average molecular weight is 267 g/mol. The summed E-state index contributed by atoms with van der Waals surface area (Å²) >= 11 is 0. The van der Waals surface area contributed by atoms with Crippen LogP contribution < -0.4 is 5.32 Å². The molecule has 0 spiro atoms. The summed E-state index contributed by atoms with van der Waals surface area (Å²) < 4.78 is 0. The fourth-order valence-corrected chi connectivity index (χ4v) is 2.97. The molecule has 2 fully saturated rings. The Bertz CT molecular complexity index is 580. The zero-order valence-corrected chi connectivity index (χ0v) is 11.7. The highest BCUT2D eigenvalue weighted by Gasteiger charge is 2.32. The molecule has 2 N–H and O–H groups in total. The highest BCUT2D eigenvalue weighted by Crippen LogP contribution is 2.49. The molecule has 3 nitrogen and oxygen atoms in total. The van der Waals surface area contributed by atoms with Gasteiger partial charge in [0.25, 0.3) is 0 Å². The van der Waals surface area contributed by atoms with Crippen molar-refractivity contribution in [2.45, 2.75) is 50.6 Å². The molecule has 0 atom stereocenters. The number of aromatic amines is 1. The molecule has 1 aromatic carbocycles. The Labute approximate surface area is 119 Å². The molecule has 0 bridgehead atoms. The molecule has 1 heterocycles. The van der Waals surface area contributed by atoms with Crippen molar-refractivity contribution in [3.63, 3.8) is 0 Å². The maximum Gasteiger partial charge on any atom is 0.0490 e. The Morgan fingerprint density at radius 2 is 1.80 bits per heavy atom. The Hall–Kier alpha value is -1.61. The molecule has 2 aliphatic rings. The van der Waals surface area contributed by atoms with Gasteiger partial charge in [0, 0.05) is 25.0 Å². The predicted octanol–water partition coefficient (Wildman–Crippen LogP) is 3.45. The van der Waals surface area contributed by atoms with Crippen LogP contribution in [0.5, 0.6) is 0 Å². The lowest BCUT2D eigenvalue weighted by Crippen LogP contribution is -2.13. The van der Waals surface area contributed by atoms with E-state index in [0.29, 0.717) is 0 Å². The highest BCUT2D eigenvalue weighted by molar-refractivity contribution is 5.41. The summed E-state index contributed by atoms with van der Waals surface area (Å²) in [6.07, 6.45) is 7.39. The van der Waals surface area contributed by atoms with Gasteiger partial charge in [0.05, 0.1) is 0 Å². The van der Waals surface area contributed by atoms with E-state index in [1.807, 2.05) is 6.07 Å². The van der Waals surface area contributed by atoms with E-state index in [9.17, 15) is 0 Å². The second kappa shape index (κ2) is 5.06. The third kappa shape index (κ3) is 2.63. The lowest BCUT2D eigenvalue weighted by molar-refractivity contribution is 0.676. The fraction of sp³-hybridized carbons (Fsp3) is 0.471. The van der Waals surface area contributed by atoms with E-state index in [-0.39, 0.29) is 0 Å². The number of hydrogen-bond donors (Lipinski definition) is 2. The van der Waals surface area contributed by atoms with Crippen LogP contribution in [0.1, 0.15) is 59.9 Å². The number of nitrogens with zero attached hydrogens (tertiary/aromatic N) is 1. The van der Waals surface area contributed by atoms with Crippen molar-refractivity contribution in [3.05, 3.63) is 52.8 Å². The highest BCUT2D eigenvalue weighted by atomic mass is 15.1. The molecule has 2 aromatic rings. The normalized spacial score (nSPS) is 18.4. The second-order valence-electron chi connectivity index (χ2n) is 6.20. The van der Waals surface area contributed by atoms with Crippen LogP contribution >= 0.6 is 0 Å². The molecule has 0 radical (unpaired) electrons. The molecule has 2 aliphatic carbocycles. The predicted molar refractivity (Wildman–Crippen MR) is 79.5 cm³/mol. The van der Waals surface area contributed by atoms with Gasteiger partial charge < -0.3 is 5.32 Å². The lowest BCUT2D eigenvalue weighted by atomic mass is 9.97. The Balaban J connectivity index is 1.43. The molecule has 20 heavy (non-hydrogen) atoms. The van der Waals surface area contributed by atoms with Gasteiger partial charge in [0.1, 0.15) is 0 Å². The Morgan fingerprint density at radius 1 is 1.00 bits per heavy atom. The van der Waals surface area contributed by atoms with Crippen LogP contribution in [0.15, 0.2) is 30.5 Å². The molecule has 0 saturated heterocycles. The third-order valence-electron chi connectivity index (χ3n) is 4.39. The molecule has 0 unspecified atom stereocenters. The van der Waals surface area contributed by atoms with E-state index in [1.165, 1.54) is 31.2 Å². The molecule has 2 saturated carbocycles. The van der Waals surface area contributed by atoms with Crippen molar-refractivity contribution >= 4 is 0 Å². The first-order valence-electron chi connectivity index (χ1n) is 7.72. The molecule has 1 aromatic heterocycles. The summed E-state index contributed by atoms with van der Waals surface area (Å²) in [7, 11) is 0. The van der Waals surface area contributed by atoms with Gasteiger partial charge in [-0.3, -0.25) is 5.10 Å². The monoisotopic (exact) mass is 267 g/mol. The number of rotatable bonds is 6. The van der Waals surface area contributed by atoms with Crippen LogP contribution in [0.2, 0.25) is 0 Å². The summed E-state index contributed by atoms with van der Waals surface area (Å²) in [6.45, 7) is 1.78. The van der Waals surface area contributed by atoms with Crippen molar-refractivity contribution in [2.75, 3.05) is 0 Å². The van der Waals surface area contributed by atoms with Gasteiger partial charge in [0.2, 0.25) is 0 Å². The minimum atomic E-state index is 0.850. The van der Waals surface area contributed by atoms with Crippen LogP contribution in [0, 0.1) is 0 Å². The molecule has 4 rings (SSSR count). The number of aromatic nitrogens is 2. The number of hydrogen-bond acceptors (Lipinski definition) is 2. The first kappa shape index (κ1) is 12.2. The molecular weight excluding hydrogens is 246 g/mol. The van der Waals surface area contributed by atoms with E-state index in [2.05, 4.69) is 33.7 Å². The van der Waals surface area contributed by atoms with Gasteiger partial charge in [0.15, 0.2) is 0 Å². The standard InChI is InChI=1S/C17H21N3/c1-6-16(13-2-3-13)17(14-4-5-14)9-12(1)10-18-11-15-7-8-19-20-15/h1,6-9,13-14,18H,2-5,10-11H2,(H,19,20). The minimum Gasteiger partial charge on any atom is -0.307 e. The van der Waals surface area contributed by atoms with E-state index < -0.39 is 0 Å². The zero-order valence-electron chi connectivity index (χ0n) is 11.7. The number of H-pyrrole nitrogens is 1. The van der Waals surface area contributed by atoms with Gasteiger partial charge >= 0.3 is 0 Å². The SMILES string of the molecule is c1cc(CNCc2ccc(C3CC3)c(C3CC3)c2)[nH]n1.